The van der Waals surface area contributed by atoms with E-state index in [1.165, 1.54) is 49.7 Å². The molecule has 0 radical (unpaired) electrons. The lowest BCUT2D eigenvalue weighted by molar-refractivity contribution is 0.227. The molecular formula is C39H53NO2. The largest absolute Gasteiger partial charge is 0.493 e. The Morgan fingerprint density at radius 1 is 0.619 bits per heavy atom. The minimum atomic E-state index is 0.547. The number of aryl methyl sites for hydroxylation is 1. The lowest BCUT2D eigenvalue weighted by Gasteiger charge is -2.20. The van der Waals surface area contributed by atoms with E-state index in [2.05, 4.69) is 95.3 Å². The van der Waals surface area contributed by atoms with E-state index in [1.807, 2.05) is 24.3 Å². The van der Waals surface area contributed by atoms with Crippen LogP contribution in [-0.2, 0) is 0 Å². The Morgan fingerprint density at radius 2 is 1.05 bits per heavy atom. The highest BCUT2D eigenvalue weighted by Crippen LogP contribution is 2.34. The molecule has 0 aromatic heterocycles. The maximum absolute atomic E-state index is 6.60. The van der Waals surface area contributed by atoms with Crippen LogP contribution in [-0.4, -0.2) is 13.2 Å². The Hall–Kier alpha value is -3.46. The van der Waals surface area contributed by atoms with Gasteiger partial charge in [-0.1, -0.05) is 132 Å². The molecule has 2 unspecified atom stereocenters. The molecule has 42 heavy (non-hydrogen) atoms. The first kappa shape index (κ1) is 33.0. The van der Waals surface area contributed by atoms with Gasteiger partial charge in [0, 0.05) is 16.8 Å². The summed E-state index contributed by atoms with van der Waals surface area (Å²) in [6, 6.07) is 20.9. The first-order valence-electron chi connectivity index (χ1n) is 16.2. The Kier molecular flexibility index (Phi) is 14.3. The van der Waals surface area contributed by atoms with Gasteiger partial charge in [-0.3, -0.25) is 0 Å². The fourth-order valence-electron chi connectivity index (χ4n) is 4.97. The smallest absolute Gasteiger partial charge is 0.127 e. The maximum Gasteiger partial charge on any atom is 0.127 e. The third kappa shape index (κ3) is 11.1. The molecule has 226 valence electrons. The van der Waals surface area contributed by atoms with Crippen LogP contribution in [0.1, 0.15) is 107 Å². The molecule has 3 heteroatoms. The van der Waals surface area contributed by atoms with Crippen LogP contribution in [0.25, 0.3) is 24.3 Å². The minimum Gasteiger partial charge on any atom is -0.493 e. The first-order valence-corrected chi connectivity index (χ1v) is 16.2. The average molecular weight is 568 g/mol. The van der Waals surface area contributed by atoms with Crippen LogP contribution in [0.5, 0.6) is 11.5 Å². The van der Waals surface area contributed by atoms with Crippen LogP contribution < -0.4 is 15.2 Å². The number of nitrogens with two attached hydrogens (primary N) is 1. The SMILES string of the molecule is CCCCC(CC)COc1cc(/C=C/c2ccc(N)cc2)c(OCC(CC)CCCC)cc1/C=C/c1ccc(C)cc1. The van der Waals surface area contributed by atoms with Gasteiger partial charge in [-0.15, -0.1) is 0 Å². The van der Waals surface area contributed by atoms with Crippen LogP contribution in [0, 0.1) is 18.8 Å². The van der Waals surface area contributed by atoms with Gasteiger partial charge in [0.2, 0.25) is 0 Å². The van der Waals surface area contributed by atoms with E-state index in [4.69, 9.17) is 15.2 Å². The molecule has 0 heterocycles. The van der Waals surface area contributed by atoms with E-state index in [9.17, 15) is 0 Å². The van der Waals surface area contributed by atoms with Crippen molar-refractivity contribution < 1.29 is 9.47 Å². The summed E-state index contributed by atoms with van der Waals surface area (Å²) in [6.07, 6.45) is 18.1. The normalized spacial score (nSPS) is 13.1. The molecule has 2 N–H and O–H groups in total. The molecule has 3 nitrogen and oxygen atoms in total. The molecule has 0 aliphatic rings. The summed E-state index contributed by atoms with van der Waals surface area (Å²) >= 11 is 0. The summed E-state index contributed by atoms with van der Waals surface area (Å²) in [4.78, 5) is 0. The molecule has 0 saturated heterocycles. The van der Waals surface area contributed by atoms with Crippen molar-refractivity contribution >= 4 is 30.0 Å². The fourth-order valence-corrected chi connectivity index (χ4v) is 4.97. The van der Waals surface area contributed by atoms with Crippen molar-refractivity contribution in [2.45, 2.75) is 86.0 Å². The van der Waals surface area contributed by atoms with Crippen molar-refractivity contribution in [1.82, 2.24) is 0 Å². The molecule has 0 aliphatic heterocycles. The van der Waals surface area contributed by atoms with Crippen molar-refractivity contribution in [3.05, 3.63) is 88.5 Å². The molecule has 3 aromatic rings. The fraction of sp³-hybridized carbons (Fsp3) is 0.436. The van der Waals surface area contributed by atoms with Gasteiger partial charge in [0.05, 0.1) is 13.2 Å². The highest BCUT2D eigenvalue weighted by molar-refractivity contribution is 5.79. The Morgan fingerprint density at radius 3 is 1.45 bits per heavy atom. The van der Waals surface area contributed by atoms with E-state index < -0.39 is 0 Å². The van der Waals surface area contributed by atoms with Crippen molar-refractivity contribution in [2.24, 2.45) is 11.8 Å². The summed E-state index contributed by atoms with van der Waals surface area (Å²) in [6.45, 7) is 12.6. The van der Waals surface area contributed by atoms with Crippen LogP contribution in [0.2, 0.25) is 0 Å². The van der Waals surface area contributed by atoms with Crippen LogP contribution in [0.3, 0.4) is 0 Å². The molecular weight excluding hydrogens is 514 g/mol. The Bertz CT molecular complexity index is 1140. The van der Waals surface area contributed by atoms with Crippen LogP contribution in [0.15, 0.2) is 60.7 Å². The zero-order valence-corrected chi connectivity index (χ0v) is 26.7. The Balaban J connectivity index is 2.00. The zero-order valence-electron chi connectivity index (χ0n) is 26.7. The molecule has 0 aliphatic carbocycles. The topological polar surface area (TPSA) is 44.5 Å². The molecule has 0 spiro atoms. The number of hydrogen-bond acceptors (Lipinski definition) is 3. The number of anilines is 1. The molecule has 3 aromatic carbocycles. The van der Waals surface area contributed by atoms with Crippen molar-refractivity contribution in [3.63, 3.8) is 0 Å². The van der Waals surface area contributed by atoms with Gasteiger partial charge >= 0.3 is 0 Å². The average Bonchev–Trinajstić information content (AvgIpc) is 3.01. The lowest BCUT2D eigenvalue weighted by atomic mass is 10.00. The standard InChI is InChI=1S/C39H53NO2/c1-6-10-12-31(8-3)28-41-38-27-36(23-19-34-20-24-37(40)25-21-34)39(42-29-32(9-4)13-11-7-2)26-35(38)22-18-33-16-14-30(5)15-17-33/h14-27,31-32H,6-13,28-29,40H2,1-5H3/b22-18+,23-19+. The van der Waals surface area contributed by atoms with Gasteiger partial charge in [0.1, 0.15) is 11.5 Å². The number of unbranched alkanes of at least 4 members (excludes halogenated alkanes) is 2. The van der Waals surface area contributed by atoms with Gasteiger partial charge in [-0.05, 0) is 67.0 Å². The van der Waals surface area contributed by atoms with Gasteiger partial charge in [0.25, 0.3) is 0 Å². The van der Waals surface area contributed by atoms with Crippen molar-refractivity contribution in [2.75, 3.05) is 18.9 Å². The first-order chi connectivity index (χ1) is 20.4. The third-order valence-corrected chi connectivity index (χ3v) is 8.10. The summed E-state index contributed by atoms with van der Waals surface area (Å²) in [5, 5.41) is 0. The van der Waals surface area contributed by atoms with Gasteiger partial charge < -0.3 is 15.2 Å². The second-order valence-corrected chi connectivity index (χ2v) is 11.6. The highest BCUT2D eigenvalue weighted by atomic mass is 16.5. The number of ether oxygens (including phenoxy) is 2. The summed E-state index contributed by atoms with van der Waals surface area (Å²) in [5.41, 5.74) is 12.3. The monoisotopic (exact) mass is 567 g/mol. The molecule has 3 rings (SSSR count). The minimum absolute atomic E-state index is 0.547. The van der Waals surface area contributed by atoms with Crippen molar-refractivity contribution in [1.29, 1.82) is 0 Å². The highest BCUT2D eigenvalue weighted by Gasteiger charge is 2.14. The summed E-state index contributed by atoms with van der Waals surface area (Å²) in [5.74, 6) is 2.89. The summed E-state index contributed by atoms with van der Waals surface area (Å²) in [7, 11) is 0. The van der Waals surface area contributed by atoms with Crippen molar-refractivity contribution in [3.8, 4) is 11.5 Å². The number of benzene rings is 3. The van der Waals surface area contributed by atoms with E-state index in [0.29, 0.717) is 11.8 Å². The van der Waals surface area contributed by atoms with Gasteiger partial charge in [-0.2, -0.15) is 0 Å². The van der Waals surface area contributed by atoms with E-state index in [1.54, 1.807) is 0 Å². The van der Waals surface area contributed by atoms with E-state index >= 15 is 0 Å². The summed E-state index contributed by atoms with van der Waals surface area (Å²) < 4.78 is 13.2. The number of hydrogen-bond donors (Lipinski definition) is 1. The van der Waals surface area contributed by atoms with Crippen LogP contribution in [0.4, 0.5) is 5.69 Å². The molecule has 0 fully saturated rings. The number of nitrogen functional groups attached to an aromatic ring is 1. The Labute approximate surface area is 255 Å². The second-order valence-electron chi connectivity index (χ2n) is 11.6. The molecule has 0 saturated carbocycles. The van der Waals surface area contributed by atoms with Gasteiger partial charge in [-0.25, -0.2) is 0 Å². The lowest BCUT2D eigenvalue weighted by Crippen LogP contribution is -2.13. The maximum atomic E-state index is 6.60. The molecule has 0 bridgehead atoms. The molecule has 0 amide bonds. The number of rotatable bonds is 18. The van der Waals surface area contributed by atoms with Gasteiger partial charge in [0.15, 0.2) is 0 Å². The zero-order chi connectivity index (χ0) is 30.2. The van der Waals surface area contributed by atoms with Crippen LogP contribution >= 0.6 is 0 Å². The predicted molar refractivity (Wildman–Crippen MR) is 184 cm³/mol. The second kappa shape index (κ2) is 18.2. The third-order valence-electron chi connectivity index (χ3n) is 8.10. The van der Waals surface area contributed by atoms with E-state index in [-0.39, 0.29) is 0 Å². The molecule has 2 atom stereocenters. The quantitative estimate of drug-likeness (QED) is 0.123. The predicted octanol–water partition coefficient (Wildman–Crippen LogP) is 11.1. The van der Waals surface area contributed by atoms with E-state index in [0.717, 1.165) is 59.9 Å².